The van der Waals surface area contributed by atoms with Crippen molar-refractivity contribution in [2.24, 2.45) is 0 Å². The Morgan fingerprint density at radius 3 is 2.81 bits per heavy atom. The summed E-state index contributed by atoms with van der Waals surface area (Å²) in [5.41, 5.74) is 7.45. The maximum atomic E-state index is 11.9. The molecule has 0 atom stereocenters. The normalized spacial score (nSPS) is 10.1. The van der Waals surface area contributed by atoms with Crippen molar-refractivity contribution in [2.45, 2.75) is 6.92 Å². The van der Waals surface area contributed by atoms with Gasteiger partial charge in [-0.1, -0.05) is 6.07 Å². The molecule has 0 heterocycles. The summed E-state index contributed by atoms with van der Waals surface area (Å²) >= 11 is 0. The van der Waals surface area contributed by atoms with Crippen LogP contribution in [0.5, 0.6) is 11.5 Å². The zero-order valence-corrected chi connectivity index (χ0v) is 11.8. The van der Waals surface area contributed by atoms with Gasteiger partial charge in [-0.2, -0.15) is 0 Å². The molecule has 0 spiro atoms. The highest BCUT2D eigenvalue weighted by atomic mass is 16.5. The third kappa shape index (κ3) is 4.14. The van der Waals surface area contributed by atoms with E-state index >= 15 is 0 Å². The third-order valence-electron chi connectivity index (χ3n) is 2.97. The first-order valence-electron chi connectivity index (χ1n) is 6.62. The number of nitrogens with one attached hydrogen (secondary N) is 1. The van der Waals surface area contributed by atoms with E-state index in [2.05, 4.69) is 5.32 Å². The minimum Gasteiger partial charge on any atom is -0.508 e. The lowest BCUT2D eigenvalue weighted by atomic mass is 10.1. The first kappa shape index (κ1) is 14.7. The number of hydrogen-bond donors (Lipinski definition) is 3. The molecule has 0 aliphatic carbocycles. The zero-order valence-electron chi connectivity index (χ0n) is 11.8. The fraction of sp³-hybridized carbons (Fsp3) is 0.188. The summed E-state index contributed by atoms with van der Waals surface area (Å²) in [6.45, 7) is 2.48. The number of carbonyl (C=O) groups is 1. The molecular weight excluding hydrogens is 268 g/mol. The van der Waals surface area contributed by atoms with Gasteiger partial charge in [-0.3, -0.25) is 4.79 Å². The summed E-state index contributed by atoms with van der Waals surface area (Å²) in [5.74, 6) is 0.649. The summed E-state index contributed by atoms with van der Waals surface area (Å²) in [5, 5.41) is 12.2. The molecule has 2 aromatic carbocycles. The molecule has 1 amide bonds. The van der Waals surface area contributed by atoms with E-state index < -0.39 is 0 Å². The lowest BCUT2D eigenvalue weighted by Crippen LogP contribution is -2.28. The molecule has 0 unspecified atom stereocenters. The number of phenols is 1. The number of amides is 1. The van der Waals surface area contributed by atoms with Crippen LogP contribution in [0.25, 0.3) is 0 Å². The van der Waals surface area contributed by atoms with Crippen molar-refractivity contribution in [3.63, 3.8) is 0 Å². The average molecular weight is 286 g/mol. The average Bonchev–Trinajstić information content (AvgIpc) is 2.46. The largest absolute Gasteiger partial charge is 0.508 e. The van der Waals surface area contributed by atoms with E-state index in [0.717, 1.165) is 0 Å². The van der Waals surface area contributed by atoms with E-state index in [1.54, 1.807) is 31.2 Å². The van der Waals surface area contributed by atoms with Gasteiger partial charge < -0.3 is 20.9 Å². The number of ether oxygens (including phenoxy) is 1. The highest BCUT2D eigenvalue weighted by Gasteiger charge is 2.06. The molecule has 0 aliphatic rings. The Balaban J connectivity index is 1.80. The number of benzene rings is 2. The Bertz CT molecular complexity index is 641. The molecule has 0 saturated carbocycles. The fourth-order valence-corrected chi connectivity index (χ4v) is 1.84. The van der Waals surface area contributed by atoms with E-state index in [-0.39, 0.29) is 11.7 Å². The van der Waals surface area contributed by atoms with Gasteiger partial charge in [0.25, 0.3) is 5.91 Å². The minimum absolute atomic E-state index is 0.177. The highest BCUT2D eigenvalue weighted by molar-refractivity contribution is 5.94. The Hall–Kier alpha value is -2.69. The lowest BCUT2D eigenvalue weighted by Gasteiger charge is -2.09. The van der Waals surface area contributed by atoms with Crippen molar-refractivity contribution in [1.82, 2.24) is 5.32 Å². The number of rotatable bonds is 5. The van der Waals surface area contributed by atoms with Crippen LogP contribution in [0.3, 0.4) is 0 Å². The Morgan fingerprint density at radius 1 is 1.29 bits per heavy atom. The number of nitrogen functional groups attached to an aromatic ring is 1. The van der Waals surface area contributed by atoms with Crippen LogP contribution >= 0.6 is 0 Å². The maximum absolute atomic E-state index is 11.9. The fourth-order valence-electron chi connectivity index (χ4n) is 1.84. The van der Waals surface area contributed by atoms with Gasteiger partial charge in [0, 0.05) is 17.3 Å². The predicted molar refractivity (Wildman–Crippen MR) is 81.5 cm³/mol. The minimum atomic E-state index is -0.200. The van der Waals surface area contributed by atoms with Crippen LogP contribution in [0, 0.1) is 6.92 Å². The number of carbonyl (C=O) groups excluding carboxylic acids is 1. The summed E-state index contributed by atoms with van der Waals surface area (Å²) in [6.07, 6.45) is 0. The van der Waals surface area contributed by atoms with Gasteiger partial charge in [0.15, 0.2) is 0 Å². The summed E-state index contributed by atoms with van der Waals surface area (Å²) < 4.78 is 5.48. The number of hydrogen-bond acceptors (Lipinski definition) is 4. The predicted octanol–water partition coefficient (Wildman–Crippen LogP) is 2.09. The van der Waals surface area contributed by atoms with Crippen molar-refractivity contribution < 1.29 is 14.6 Å². The van der Waals surface area contributed by atoms with Gasteiger partial charge >= 0.3 is 0 Å². The van der Waals surface area contributed by atoms with Gasteiger partial charge in [0.2, 0.25) is 0 Å². The maximum Gasteiger partial charge on any atom is 0.251 e. The van der Waals surface area contributed by atoms with Crippen LogP contribution < -0.4 is 15.8 Å². The van der Waals surface area contributed by atoms with E-state index in [9.17, 15) is 9.90 Å². The van der Waals surface area contributed by atoms with Gasteiger partial charge in [0.05, 0.1) is 6.54 Å². The van der Waals surface area contributed by atoms with Crippen LogP contribution in [0.1, 0.15) is 15.9 Å². The van der Waals surface area contributed by atoms with Gasteiger partial charge in [-0.15, -0.1) is 0 Å². The molecular formula is C16H18N2O3. The molecule has 0 radical (unpaired) electrons. The molecule has 0 bridgehead atoms. The first-order chi connectivity index (χ1) is 10.1. The van der Waals surface area contributed by atoms with Crippen molar-refractivity contribution in [3.8, 4) is 11.5 Å². The monoisotopic (exact) mass is 286 g/mol. The second-order valence-electron chi connectivity index (χ2n) is 4.68. The first-order valence-corrected chi connectivity index (χ1v) is 6.62. The molecule has 0 aromatic heterocycles. The second-order valence-corrected chi connectivity index (χ2v) is 4.68. The number of phenolic OH excluding ortho intramolecular Hbond substituents is 1. The van der Waals surface area contributed by atoms with Crippen LogP contribution in [-0.4, -0.2) is 24.2 Å². The summed E-state index contributed by atoms with van der Waals surface area (Å²) in [4.78, 5) is 11.9. The smallest absolute Gasteiger partial charge is 0.251 e. The van der Waals surface area contributed by atoms with E-state index in [0.29, 0.717) is 35.7 Å². The van der Waals surface area contributed by atoms with Crippen molar-refractivity contribution >= 4 is 11.6 Å². The van der Waals surface area contributed by atoms with Crippen LogP contribution in [0.4, 0.5) is 5.69 Å². The Labute approximate surface area is 123 Å². The standard InChI is InChI=1S/C16H18N2O3/c1-11-9-12(5-6-15(11)19)16(20)18-7-8-21-14-4-2-3-13(17)10-14/h2-6,9-10,19H,7-8,17H2,1H3,(H,18,20). The number of aromatic hydroxyl groups is 1. The van der Waals surface area contributed by atoms with Crippen LogP contribution in [0.2, 0.25) is 0 Å². The number of nitrogens with two attached hydrogens (primary N) is 1. The molecule has 0 aliphatic heterocycles. The Kier molecular flexibility index (Phi) is 4.66. The molecule has 110 valence electrons. The molecule has 5 heteroatoms. The quantitative estimate of drug-likeness (QED) is 0.580. The summed E-state index contributed by atoms with van der Waals surface area (Å²) in [7, 11) is 0. The number of aryl methyl sites for hydroxylation is 1. The number of anilines is 1. The summed E-state index contributed by atoms with van der Waals surface area (Å²) in [6, 6.07) is 11.9. The topological polar surface area (TPSA) is 84.6 Å². The lowest BCUT2D eigenvalue weighted by molar-refractivity contribution is 0.0947. The van der Waals surface area contributed by atoms with E-state index in [4.69, 9.17) is 10.5 Å². The zero-order chi connectivity index (χ0) is 15.2. The van der Waals surface area contributed by atoms with Gasteiger partial charge in [-0.25, -0.2) is 0 Å². The van der Waals surface area contributed by atoms with Crippen molar-refractivity contribution in [2.75, 3.05) is 18.9 Å². The third-order valence-corrected chi connectivity index (χ3v) is 2.97. The highest BCUT2D eigenvalue weighted by Crippen LogP contribution is 2.17. The van der Waals surface area contributed by atoms with E-state index in [1.807, 2.05) is 12.1 Å². The van der Waals surface area contributed by atoms with E-state index in [1.165, 1.54) is 6.07 Å². The van der Waals surface area contributed by atoms with Crippen molar-refractivity contribution in [3.05, 3.63) is 53.6 Å². The molecule has 2 aromatic rings. The second kappa shape index (κ2) is 6.65. The molecule has 0 fully saturated rings. The van der Waals surface area contributed by atoms with Crippen molar-refractivity contribution in [1.29, 1.82) is 0 Å². The van der Waals surface area contributed by atoms with Gasteiger partial charge in [0.1, 0.15) is 18.1 Å². The SMILES string of the molecule is Cc1cc(C(=O)NCCOc2cccc(N)c2)ccc1O. The van der Waals surface area contributed by atoms with Crippen LogP contribution in [0.15, 0.2) is 42.5 Å². The molecule has 5 nitrogen and oxygen atoms in total. The molecule has 4 N–H and O–H groups in total. The Morgan fingerprint density at radius 2 is 2.10 bits per heavy atom. The van der Waals surface area contributed by atoms with Crippen LogP contribution in [-0.2, 0) is 0 Å². The molecule has 0 saturated heterocycles. The molecule has 2 rings (SSSR count). The molecule has 21 heavy (non-hydrogen) atoms. The van der Waals surface area contributed by atoms with Gasteiger partial charge in [-0.05, 0) is 42.8 Å².